The Kier molecular flexibility index (Phi) is 18.1. The molecule has 12 nitrogen and oxygen atoms in total. The van der Waals surface area contributed by atoms with E-state index in [9.17, 15) is 58.5 Å². The summed E-state index contributed by atoms with van der Waals surface area (Å²) in [6.07, 6.45) is -1.94. The Morgan fingerprint density at radius 2 is 0.558 bits per heavy atom. The van der Waals surface area contributed by atoms with Crippen LogP contribution in [-0.4, -0.2) is 52.6 Å². The van der Waals surface area contributed by atoms with Crippen molar-refractivity contribution in [3.8, 4) is 0 Å². The molecular formula is C30H21DyO12. The molecule has 0 spiro atoms. The average Bonchev–Trinajstić information content (AvgIpc) is 2.98. The molecule has 0 atom stereocenters. The Balaban J connectivity index is 0.000000608. The average molecular weight is 736 g/mol. The number of Topliss-reactive ketones (excluding diaryl/α,β-unsaturated/α-hetero) is 6. The molecule has 3 aromatic carbocycles. The van der Waals surface area contributed by atoms with Crippen molar-refractivity contribution < 1.29 is 96.6 Å². The zero-order valence-electron chi connectivity index (χ0n) is 22.0. The minimum atomic E-state index is -1.82. The van der Waals surface area contributed by atoms with Crippen LogP contribution < -0.4 is 15.3 Å². The van der Waals surface area contributed by atoms with Gasteiger partial charge in [0.15, 0.2) is 34.7 Å². The number of aliphatic carboxylic acids is 3. The SMILES string of the molecule is O=C([O-])C(=O)CC(=O)c1ccccc1.O=C([O-])C(=O)CC(=O)c1ccccc1.O=C([O-])C(=O)CC(=O)c1ccccc1.[Dy+3]. The molecule has 1 radical (unpaired) electrons. The van der Waals surface area contributed by atoms with Gasteiger partial charge in [0.25, 0.3) is 0 Å². The second kappa shape index (κ2) is 20.3. The van der Waals surface area contributed by atoms with Crippen LogP contribution >= 0.6 is 0 Å². The van der Waals surface area contributed by atoms with E-state index in [2.05, 4.69) is 0 Å². The van der Waals surface area contributed by atoms with Gasteiger partial charge in [-0.25, -0.2) is 0 Å². The summed E-state index contributed by atoms with van der Waals surface area (Å²) < 4.78 is 0. The van der Waals surface area contributed by atoms with Crippen LogP contribution in [0.3, 0.4) is 0 Å². The molecule has 0 saturated heterocycles. The first-order chi connectivity index (χ1) is 19.8. The Labute approximate surface area is 274 Å². The number of carbonyl (C=O) groups excluding carboxylic acids is 9. The molecule has 0 aliphatic heterocycles. The number of hydrogen-bond donors (Lipinski definition) is 0. The second-order valence-electron chi connectivity index (χ2n) is 8.03. The van der Waals surface area contributed by atoms with Crippen LogP contribution in [0.15, 0.2) is 91.0 Å². The second-order valence-corrected chi connectivity index (χ2v) is 8.03. The van der Waals surface area contributed by atoms with E-state index in [4.69, 9.17) is 0 Å². The number of hydrogen-bond acceptors (Lipinski definition) is 12. The summed E-state index contributed by atoms with van der Waals surface area (Å²) in [4.78, 5) is 95.8. The van der Waals surface area contributed by atoms with Crippen molar-refractivity contribution in [2.45, 2.75) is 19.3 Å². The van der Waals surface area contributed by atoms with E-state index in [1.165, 1.54) is 36.4 Å². The molecule has 43 heavy (non-hydrogen) atoms. The smallest absolute Gasteiger partial charge is 0.542 e. The number of carbonyl (C=O) groups is 9. The van der Waals surface area contributed by atoms with Gasteiger partial charge in [0.2, 0.25) is 0 Å². The van der Waals surface area contributed by atoms with Gasteiger partial charge in [0, 0.05) is 16.7 Å². The predicted molar refractivity (Wildman–Crippen MR) is 136 cm³/mol. The van der Waals surface area contributed by atoms with E-state index in [0.717, 1.165) is 0 Å². The quantitative estimate of drug-likeness (QED) is 0.121. The third kappa shape index (κ3) is 15.2. The van der Waals surface area contributed by atoms with E-state index in [-0.39, 0.29) is 38.2 Å². The largest absolute Gasteiger partial charge is 3.00 e. The summed E-state index contributed by atoms with van der Waals surface area (Å²) in [5, 5.41) is 30.2. The third-order valence-corrected chi connectivity index (χ3v) is 4.93. The molecule has 0 aromatic heterocycles. The Morgan fingerprint density at radius 3 is 0.721 bits per heavy atom. The van der Waals surface area contributed by atoms with Crippen LogP contribution in [0.4, 0.5) is 0 Å². The van der Waals surface area contributed by atoms with Crippen LogP contribution in [0.5, 0.6) is 0 Å². The first kappa shape index (κ1) is 38.4. The molecule has 0 amide bonds. The fourth-order valence-electron chi connectivity index (χ4n) is 2.83. The number of carboxylic acid groups (broad SMARTS) is 3. The van der Waals surface area contributed by atoms with Crippen molar-refractivity contribution in [2.24, 2.45) is 0 Å². The summed E-state index contributed by atoms with van der Waals surface area (Å²) in [6, 6.07) is 24.1. The minimum Gasteiger partial charge on any atom is -0.542 e. The molecule has 3 aromatic rings. The van der Waals surface area contributed by atoms with E-state index in [1.807, 2.05) is 0 Å². The van der Waals surface area contributed by atoms with Gasteiger partial charge >= 0.3 is 38.2 Å². The summed E-state index contributed by atoms with van der Waals surface area (Å²) in [7, 11) is 0. The maximum Gasteiger partial charge on any atom is 3.00 e. The van der Waals surface area contributed by atoms with Crippen molar-refractivity contribution in [3.05, 3.63) is 108 Å². The van der Waals surface area contributed by atoms with E-state index in [1.54, 1.807) is 54.6 Å². The molecule has 0 heterocycles. The van der Waals surface area contributed by atoms with E-state index >= 15 is 0 Å². The molecule has 0 N–H and O–H groups in total. The Morgan fingerprint density at radius 1 is 0.372 bits per heavy atom. The number of rotatable bonds is 12. The van der Waals surface area contributed by atoms with Crippen LogP contribution in [0, 0.1) is 38.2 Å². The van der Waals surface area contributed by atoms with E-state index < -0.39 is 71.9 Å². The number of benzene rings is 3. The van der Waals surface area contributed by atoms with E-state index in [0.29, 0.717) is 16.7 Å². The first-order valence-electron chi connectivity index (χ1n) is 11.8. The van der Waals surface area contributed by atoms with Crippen molar-refractivity contribution in [1.29, 1.82) is 0 Å². The molecule has 13 heteroatoms. The zero-order valence-corrected chi connectivity index (χ0v) is 24.0. The zero-order chi connectivity index (χ0) is 31.7. The Bertz CT molecular complexity index is 1290. The Hall–Kier alpha value is -4.64. The monoisotopic (exact) mass is 737 g/mol. The summed E-state index contributed by atoms with van der Waals surface area (Å²) in [6.45, 7) is 0. The number of carboxylic acids is 3. The predicted octanol–water partition coefficient (Wildman–Crippen LogP) is -1.26. The van der Waals surface area contributed by atoms with Gasteiger partial charge in [-0.1, -0.05) is 91.0 Å². The molecule has 0 saturated carbocycles. The fourth-order valence-corrected chi connectivity index (χ4v) is 2.83. The van der Waals surface area contributed by atoms with Gasteiger partial charge in [-0.2, -0.15) is 0 Å². The molecule has 223 valence electrons. The summed E-state index contributed by atoms with van der Waals surface area (Å²) in [5.74, 6) is -10.6. The van der Waals surface area contributed by atoms with Gasteiger partial charge in [-0.15, -0.1) is 0 Å². The molecule has 0 bridgehead atoms. The van der Waals surface area contributed by atoms with Crippen molar-refractivity contribution in [2.75, 3.05) is 0 Å². The maximum absolute atomic E-state index is 11.2. The molecule has 3 rings (SSSR count). The van der Waals surface area contributed by atoms with Crippen LogP contribution in [0.1, 0.15) is 50.3 Å². The van der Waals surface area contributed by atoms with Gasteiger partial charge < -0.3 is 29.7 Å². The van der Waals surface area contributed by atoms with Gasteiger partial charge in [-0.05, 0) is 0 Å². The van der Waals surface area contributed by atoms with Crippen LogP contribution in [0.2, 0.25) is 0 Å². The first-order valence-corrected chi connectivity index (χ1v) is 11.8. The van der Waals surface area contributed by atoms with Gasteiger partial charge in [0.1, 0.15) is 17.9 Å². The third-order valence-electron chi connectivity index (χ3n) is 4.93. The molecule has 0 fully saturated rings. The van der Waals surface area contributed by atoms with Gasteiger partial charge in [0.05, 0.1) is 19.3 Å². The minimum absolute atomic E-state index is 0. The number of ketones is 6. The topological polar surface area (TPSA) is 223 Å². The molecule has 0 unspecified atom stereocenters. The van der Waals surface area contributed by atoms with Crippen molar-refractivity contribution >= 4 is 52.6 Å². The normalized spacial score (nSPS) is 9.21. The van der Waals surface area contributed by atoms with Gasteiger partial charge in [-0.3, -0.25) is 28.8 Å². The summed E-state index contributed by atoms with van der Waals surface area (Å²) >= 11 is 0. The van der Waals surface area contributed by atoms with Crippen molar-refractivity contribution in [3.63, 3.8) is 0 Å². The standard InChI is InChI=1S/3C10H8O4.Dy/c3*11-8(6-9(12)10(13)14)7-4-2-1-3-5-7;/h3*1-5H,6H2,(H,13,14);/q;;;+3/p-3. The summed E-state index contributed by atoms with van der Waals surface area (Å²) in [5.41, 5.74) is 0.964. The maximum atomic E-state index is 11.2. The molecular weight excluding hydrogens is 715 g/mol. The van der Waals surface area contributed by atoms with Crippen LogP contribution in [0.25, 0.3) is 0 Å². The fraction of sp³-hybridized carbons (Fsp3) is 0.100. The molecule has 0 aliphatic carbocycles. The van der Waals surface area contributed by atoms with Crippen LogP contribution in [-0.2, 0) is 28.8 Å². The molecule has 0 aliphatic rings. The van der Waals surface area contributed by atoms with Crippen molar-refractivity contribution in [1.82, 2.24) is 0 Å².